The van der Waals surface area contributed by atoms with Crippen LogP contribution in [-0.4, -0.2) is 32.8 Å². The topological polar surface area (TPSA) is 37.8 Å². The number of para-hydroxylation sites is 3. The van der Waals surface area contributed by atoms with Crippen molar-refractivity contribution in [1.82, 2.24) is 14.0 Å². The van der Waals surface area contributed by atoms with Crippen LogP contribution in [0.4, 0.5) is 0 Å². The second-order valence-electron chi connectivity index (χ2n) is 13.1. The second kappa shape index (κ2) is 11.7. The number of aromatic nitrogens is 2. The molecular weight excluding hydrogens is 623 g/mol. The minimum atomic E-state index is -0.186. The molecule has 0 spiro atoms. The first-order valence-corrected chi connectivity index (χ1v) is 17.4. The van der Waals surface area contributed by atoms with Crippen molar-refractivity contribution in [3.05, 3.63) is 193 Å². The zero-order chi connectivity index (χ0) is 33.9. The fourth-order valence-electron chi connectivity index (χ4n) is 7.78. The first-order chi connectivity index (χ1) is 25.2. The van der Waals surface area contributed by atoms with E-state index in [1.807, 2.05) is 24.3 Å². The van der Waals surface area contributed by atoms with E-state index in [2.05, 4.69) is 173 Å². The van der Waals surface area contributed by atoms with Crippen LogP contribution in [-0.2, 0) is 0 Å². The van der Waals surface area contributed by atoms with Gasteiger partial charge in [-0.2, -0.15) is 0 Å². The summed E-state index contributed by atoms with van der Waals surface area (Å²) >= 11 is 0. The Balaban J connectivity index is 1.09. The van der Waals surface area contributed by atoms with Gasteiger partial charge >= 0.3 is 0 Å². The minimum Gasteiger partial charge on any atom is -0.333 e. The van der Waals surface area contributed by atoms with E-state index in [0.717, 1.165) is 39.7 Å². The van der Waals surface area contributed by atoms with E-state index in [-0.39, 0.29) is 6.17 Å². The highest BCUT2D eigenvalue weighted by molar-refractivity contribution is 6.14. The third kappa shape index (κ3) is 4.70. The Labute approximate surface area is 295 Å². The number of aliphatic imine (C=N–C) groups is 2. The van der Waals surface area contributed by atoms with Crippen molar-refractivity contribution in [1.29, 1.82) is 0 Å². The zero-order valence-electron chi connectivity index (χ0n) is 28.1. The summed E-state index contributed by atoms with van der Waals surface area (Å²) in [6.45, 7) is 0. The van der Waals surface area contributed by atoms with Gasteiger partial charge in [0.25, 0.3) is 0 Å². The summed E-state index contributed by atoms with van der Waals surface area (Å²) < 4.78 is 4.77. The molecule has 0 saturated carbocycles. The Hall–Kier alpha value is -6.72. The van der Waals surface area contributed by atoms with Crippen molar-refractivity contribution < 1.29 is 0 Å². The first-order valence-electron chi connectivity index (χ1n) is 17.4. The Bertz CT molecular complexity index is 2750. The van der Waals surface area contributed by atoms with E-state index in [1.54, 1.807) is 0 Å². The molecule has 0 fully saturated rings. The number of hydrogen-bond donors (Lipinski definition) is 0. The van der Waals surface area contributed by atoms with E-state index < -0.39 is 0 Å². The number of rotatable bonds is 5. The highest BCUT2D eigenvalue weighted by atomic mass is 15.3. The van der Waals surface area contributed by atoms with Crippen LogP contribution in [0.3, 0.4) is 0 Å². The van der Waals surface area contributed by atoms with Gasteiger partial charge in [-0.05, 0) is 66.2 Å². The third-order valence-corrected chi connectivity index (χ3v) is 10.2. The number of benzene rings is 7. The molecule has 1 atom stereocenters. The molecule has 5 heteroatoms. The quantitative estimate of drug-likeness (QED) is 0.182. The molecule has 0 aliphatic carbocycles. The van der Waals surface area contributed by atoms with Gasteiger partial charge in [-0.3, -0.25) is 0 Å². The normalized spacial score (nSPS) is 14.8. The van der Waals surface area contributed by atoms with E-state index in [9.17, 15) is 0 Å². The van der Waals surface area contributed by atoms with Crippen LogP contribution in [0, 0.1) is 0 Å². The summed E-state index contributed by atoms with van der Waals surface area (Å²) in [5.41, 5.74) is 10.2. The molecule has 1 aliphatic rings. The molecule has 242 valence electrons. The Morgan fingerprint density at radius 3 is 1.55 bits per heavy atom. The van der Waals surface area contributed by atoms with Crippen molar-refractivity contribution in [2.75, 3.05) is 7.05 Å². The maximum atomic E-state index is 5.13. The predicted molar refractivity (Wildman–Crippen MR) is 212 cm³/mol. The van der Waals surface area contributed by atoms with Gasteiger partial charge < -0.3 is 14.0 Å². The van der Waals surface area contributed by atoms with Crippen molar-refractivity contribution in [2.45, 2.75) is 6.17 Å². The van der Waals surface area contributed by atoms with Gasteiger partial charge in [0, 0.05) is 51.1 Å². The lowest BCUT2D eigenvalue weighted by atomic mass is 10.1. The number of amidine groups is 2. The highest BCUT2D eigenvalue weighted by Gasteiger charge is 2.27. The van der Waals surface area contributed by atoms with E-state index in [1.165, 1.54) is 43.6 Å². The molecule has 51 heavy (non-hydrogen) atoms. The largest absolute Gasteiger partial charge is 0.333 e. The van der Waals surface area contributed by atoms with Crippen LogP contribution in [0.5, 0.6) is 0 Å². The van der Waals surface area contributed by atoms with Crippen molar-refractivity contribution in [2.24, 2.45) is 9.98 Å². The Kier molecular flexibility index (Phi) is 6.71. The zero-order valence-corrected chi connectivity index (χ0v) is 28.1. The molecule has 10 rings (SSSR count). The summed E-state index contributed by atoms with van der Waals surface area (Å²) in [5, 5.41) is 4.98. The molecule has 7 aromatic carbocycles. The van der Waals surface area contributed by atoms with E-state index in [4.69, 9.17) is 9.98 Å². The molecule has 0 saturated heterocycles. The average molecular weight is 656 g/mol. The van der Waals surface area contributed by atoms with Gasteiger partial charge in [0.05, 0.1) is 22.1 Å². The lowest BCUT2D eigenvalue weighted by Crippen LogP contribution is -2.35. The molecule has 0 amide bonds. The summed E-state index contributed by atoms with van der Waals surface area (Å²) in [4.78, 5) is 12.4. The minimum absolute atomic E-state index is 0.186. The molecule has 1 aliphatic heterocycles. The molecule has 2 aromatic heterocycles. The smallest absolute Gasteiger partial charge is 0.159 e. The Morgan fingerprint density at radius 1 is 0.431 bits per heavy atom. The molecule has 1 unspecified atom stereocenters. The van der Waals surface area contributed by atoms with Crippen LogP contribution in [0.2, 0.25) is 0 Å². The number of nitrogens with zero attached hydrogens (tertiary/aromatic N) is 5. The molecule has 3 heterocycles. The van der Waals surface area contributed by atoms with E-state index in [0.29, 0.717) is 0 Å². The molecule has 0 bridgehead atoms. The Morgan fingerprint density at radius 2 is 0.922 bits per heavy atom. The second-order valence-corrected chi connectivity index (χ2v) is 13.1. The van der Waals surface area contributed by atoms with Gasteiger partial charge in [-0.15, -0.1) is 0 Å². The average Bonchev–Trinajstić information content (AvgIpc) is 3.71. The molecule has 9 aromatic rings. The molecular formula is C46H33N5. The predicted octanol–water partition coefficient (Wildman–Crippen LogP) is 10.7. The summed E-state index contributed by atoms with van der Waals surface area (Å²) in [6, 6.07) is 62.4. The maximum absolute atomic E-state index is 5.13. The van der Waals surface area contributed by atoms with Crippen molar-refractivity contribution in [3.63, 3.8) is 0 Å². The lowest BCUT2D eigenvalue weighted by molar-refractivity contribution is 0.383. The van der Waals surface area contributed by atoms with Gasteiger partial charge in [0.2, 0.25) is 0 Å². The highest BCUT2D eigenvalue weighted by Crippen LogP contribution is 2.37. The maximum Gasteiger partial charge on any atom is 0.159 e. The lowest BCUT2D eigenvalue weighted by Gasteiger charge is -2.32. The number of hydrogen-bond acceptors (Lipinski definition) is 3. The molecule has 0 N–H and O–H groups in total. The van der Waals surface area contributed by atoms with Crippen molar-refractivity contribution in [3.8, 4) is 11.4 Å². The van der Waals surface area contributed by atoms with Gasteiger partial charge in [0.1, 0.15) is 12.0 Å². The monoisotopic (exact) mass is 655 g/mol. The van der Waals surface area contributed by atoms with E-state index >= 15 is 0 Å². The SMILES string of the molecule is CN1C(c2ccc(-n3c4ccccc4c4cc(-n5c6ccccc6c6ccccc65)ccc43)cc2)=NC(c2ccccc2)=NC1c1ccccc1. The van der Waals surface area contributed by atoms with Gasteiger partial charge in [-0.25, -0.2) is 9.98 Å². The standard InChI is InChI=1S/C46H33N5/c1-49-45(32-16-6-3-7-17-32)47-44(31-14-4-2-5-15-31)48-46(49)33-24-26-34(27-25-33)50-42-23-13-10-20-38(42)39-30-35(28-29-43(39)50)51-40-21-11-8-18-36(40)37-19-9-12-22-41(37)51/h2-30,45H,1H3. The van der Waals surface area contributed by atoms with Gasteiger partial charge in [0.15, 0.2) is 5.84 Å². The third-order valence-electron chi connectivity index (χ3n) is 10.2. The summed E-state index contributed by atoms with van der Waals surface area (Å²) in [7, 11) is 2.08. The van der Waals surface area contributed by atoms with Crippen LogP contribution < -0.4 is 0 Å². The summed E-state index contributed by atoms with van der Waals surface area (Å²) in [5.74, 6) is 1.63. The molecule has 0 radical (unpaired) electrons. The van der Waals surface area contributed by atoms with Gasteiger partial charge in [-0.1, -0.05) is 115 Å². The fraction of sp³-hybridized carbons (Fsp3) is 0.0435. The van der Waals surface area contributed by atoms with Crippen LogP contribution >= 0.6 is 0 Å². The van der Waals surface area contributed by atoms with Crippen LogP contribution in [0.15, 0.2) is 186 Å². The first kappa shape index (κ1) is 29.2. The van der Waals surface area contributed by atoms with Crippen LogP contribution in [0.1, 0.15) is 22.9 Å². The van der Waals surface area contributed by atoms with Crippen LogP contribution in [0.25, 0.3) is 55.0 Å². The van der Waals surface area contributed by atoms with Crippen molar-refractivity contribution >= 4 is 55.3 Å². The number of fused-ring (bicyclic) bond motifs is 6. The summed E-state index contributed by atoms with van der Waals surface area (Å²) in [6.07, 6.45) is -0.186. The molecule has 5 nitrogen and oxygen atoms in total. The fourth-order valence-corrected chi connectivity index (χ4v) is 7.78.